The first-order valence-corrected chi connectivity index (χ1v) is 6.34. The molecule has 0 fully saturated rings. The summed E-state index contributed by atoms with van der Waals surface area (Å²) in [5.74, 6) is -0.143. The Morgan fingerprint density at radius 1 is 1.37 bits per heavy atom. The molecule has 0 radical (unpaired) electrons. The number of nitrogens with zero attached hydrogens (tertiary/aromatic N) is 2. The molecular weight excluding hydrogens is 240 g/mol. The van der Waals surface area contributed by atoms with Crippen LogP contribution in [0.3, 0.4) is 0 Å². The quantitative estimate of drug-likeness (QED) is 0.895. The molecular formula is C15H18N2O2. The highest BCUT2D eigenvalue weighted by Gasteiger charge is 2.24. The molecule has 19 heavy (non-hydrogen) atoms. The standard InChI is InChI=1S/C15H18N2O2/c1-15(19,8-7-13-5-3-2-4-6-13)11-14(18)17-10-9-16-12-17/h2-6,9-10,12,19H,7-8,11H2,1H3/t15-/m0/s1. The van der Waals surface area contributed by atoms with Crippen molar-refractivity contribution in [1.82, 2.24) is 9.55 Å². The first kappa shape index (κ1) is 13.5. The van der Waals surface area contributed by atoms with Gasteiger partial charge >= 0.3 is 0 Å². The van der Waals surface area contributed by atoms with Crippen molar-refractivity contribution in [2.75, 3.05) is 0 Å². The molecule has 4 heteroatoms. The van der Waals surface area contributed by atoms with Crippen LogP contribution in [0.2, 0.25) is 0 Å². The fourth-order valence-electron chi connectivity index (χ4n) is 1.97. The Morgan fingerprint density at radius 2 is 2.11 bits per heavy atom. The first-order valence-electron chi connectivity index (χ1n) is 6.34. The van der Waals surface area contributed by atoms with Gasteiger partial charge in [0.15, 0.2) is 0 Å². The van der Waals surface area contributed by atoms with E-state index in [-0.39, 0.29) is 12.3 Å². The number of rotatable bonds is 5. The van der Waals surface area contributed by atoms with Crippen LogP contribution in [0, 0.1) is 0 Å². The zero-order valence-electron chi connectivity index (χ0n) is 11.0. The summed E-state index contributed by atoms with van der Waals surface area (Å²) in [6, 6.07) is 9.95. The molecule has 1 aromatic heterocycles. The predicted octanol–water partition coefficient (Wildman–Crippen LogP) is 2.30. The van der Waals surface area contributed by atoms with Gasteiger partial charge < -0.3 is 5.11 Å². The maximum atomic E-state index is 11.9. The topological polar surface area (TPSA) is 55.1 Å². The fraction of sp³-hybridized carbons (Fsp3) is 0.333. The van der Waals surface area contributed by atoms with Gasteiger partial charge in [0.05, 0.1) is 12.0 Å². The number of hydrogen-bond donors (Lipinski definition) is 1. The van der Waals surface area contributed by atoms with E-state index in [1.807, 2.05) is 30.3 Å². The highest BCUT2D eigenvalue weighted by atomic mass is 16.3. The molecule has 1 heterocycles. The normalized spacial score (nSPS) is 14.0. The molecule has 100 valence electrons. The Bertz CT molecular complexity index is 518. The number of carbonyl (C=O) groups is 1. The maximum Gasteiger partial charge on any atom is 0.234 e. The van der Waals surface area contributed by atoms with Gasteiger partial charge in [-0.05, 0) is 25.3 Å². The van der Waals surface area contributed by atoms with E-state index in [9.17, 15) is 9.90 Å². The van der Waals surface area contributed by atoms with Gasteiger partial charge in [-0.15, -0.1) is 0 Å². The molecule has 0 aliphatic carbocycles. The van der Waals surface area contributed by atoms with Crippen LogP contribution in [-0.4, -0.2) is 26.2 Å². The lowest BCUT2D eigenvalue weighted by molar-refractivity contribution is 0.0350. The lowest BCUT2D eigenvalue weighted by Crippen LogP contribution is -2.30. The third kappa shape index (κ3) is 4.03. The Labute approximate surface area is 112 Å². The van der Waals surface area contributed by atoms with Crippen molar-refractivity contribution in [3.8, 4) is 0 Å². The van der Waals surface area contributed by atoms with Gasteiger partial charge in [-0.25, -0.2) is 4.98 Å². The van der Waals surface area contributed by atoms with Gasteiger partial charge in [0.1, 0.15) is 6.33 Å². The van der Waals surface area contributed by atoms with E-state index in [2.05, 4.69) is 4.98 Å². The average molecular weight is 258 g/mol. The van der Waals surface area contributed by atoms with E-state index in [1.165, 1.54) is 10.9 Å². The van der Waals surface area contributed by atoms with Gasteiger partial charge in [-0.3, -0.25) is 9.36 Å². The Balaban J connectivity index is 1.90. The van der Waals surface area contributed by atoms with E-state index in [0.717, 1.165) is 12.0 Å². The summed E-state index contributed by atoms with van der Waals surface area (Å²) < 4.78 is 1.40. The molecule has 0 spiro atoms. The molecule has 4 nitrogen and oxygen atoms in total. The van der Waals surface area contributed by atoms with Crippen LogP contribution >= 0.6 is 0 Å². The third-order valence-corrected chi connectivity index (χ3v) is 3.12. The van der Waals surface area contributed by atoms with E-state index in [0.29, 0.717) is 6.42 Å². The second kappa shape index (κ2) is 5.80. The molecule has 2 aromatic rings. The van der Waals surface area contributed by atoms with Crippen molar-refractivity contribution in [1.29, 1.82) is 0 Å². The van der Waals surface area contributed by atoms with Crippen LogP contribution in [-0.2, 0) is 6.42 Å². The first-order chi connectivity index (χ1) is 9.07. The fourth-order valence-corrected chi connectivity index (χ4v) is 1.97. The zero-order chi connectivity index (χ0) is 13.7. The number of benzene rings is 1. The molecule has 0 amide bonds. The summed E-state index contributed by atoms with van der Waals surface area (Å²) in [6.45, 7) is 1.70. The van der Waals surface area contributed by atoms with E-state index < -0.39 is 5.60 Å². The number of carbonyl (C=O) groups excluding carboxylic acids is 1. The smallest absolute Gasteiger partial charge is 0.234 e. The molecule has 1 aromatic carbocycles. The van der Waals surface area contributed by atoms with Crippen molar-refractivity contribution >= 4 is 5.91 Å². The molecule has 0 unspecified atom stereocenters. The molecule has 1 N–H and O–H groups in total. The van der Waals surface area contributed by atoms with Gasteiger partial charge in [0, 0.05) is 12.4 Å². The van der Waals surface area contributed by atoms with Crippen molar-refractivity contribution < 1.29 is 9.90 Å². The summed E-state index contributed by atoms with van der Waals surface area (Å²) in [5, 5.41) is 10.3. The highest BCUT2D eigenvalue weighted by molar-refractivity contribution is 5.79. The summed E-state index contributed by atoms with van der Waals surface area (Å²) in [5.41, 5.74) is 0.162. The molecule has 0 saturated heterocycles. The molecule has 0 bridgehead atoms. The van der Waals surface area contributed by atoms with Crippen LogP contribution in [0.25, 0.3) is 0 Å². The summed E-state index contributed by atoms with van der Waals surface area (Å²) in [7, 11) is 0. The molecule has 0 aliphatic heterocycles. The zero-order valence-corrected chi connectivity index (χ0v) is 11.0. The molecule has 0 saturated carbocycles. The van der Waals surface area contributed by atoms with Gasteiger partial charge in [-0.2, -0.15) is 0 Å². The van der Waals surface area contributed by atoms with E-state index >= 15 is 0 Å². The average Bonchev–Trinajstić information content (AvgIpc) is 2.91. The van der Waals surface area contributed by atoms with Crippen LogP contribution in [0.4, 0.5) is 0 Å². The highest BCUT2D eigenvalue weighted by Crippen LogP contribution is 2.18. The van der Waals surface area contributed by atoms with Crippen LogP contribution in [0.15, 0.2) is 49.1 Å². The minimum atomic E-state index is -1.00. The summed E-state index contributed by atoms with van der Waals surface area (Å²) >= 11 is 0. The van der Waals surface area contributed by atoms with Gasteiger partial charge in [0.25, 0.3) is 0 Å². The summed E-state index contributed by atoms with van der Waals surface area (Å²) in [4.78, 5) is 15.7. The molecule has 2 rings (SSSR count). The van der Waals surface area contributed by atoms with Crippen molar-refractivity contribution in [2.24, 2.45) is 0 Å². The molecule has 0 aliphatic rings. The van der Waals surface area contributed by atoms with Gasteiger partial charge in [0.2, 0.25) is 5.91 Å². The number of aromatic nitrogens is 2. The molecule has 1 atom stereocenters. The van der Waals surface area contributed by atoms with E-state index in [1.54, 1.807) is 19.3 Å². The monoisotopic (exact) mass is 258 g/mol. The lowest BCUT2D eigenvalue weighted by atomic mass is 9.93. The largest absolute Gasteiger partial charge is 0.390 e. The SMILES string of the molecule is C[C@](O)(CCc1ccccc1)CC(=O)n1ccnc1. The lowest BCUT2D eigenvalue weighted by Gasteiger charge is -2.22. The minimum Gasteiger partial charge on any atom is -0.390 e. The van der Waals surface area contributed by atoms with Gasteiger partial charge in [-0.1, -0.05) is 30.3 Å². The van der Waals surface area contributed by atoms with Crippen LogP contribution in [0.5, 0.6) is 0 Å². The van der Waals surface area contributed by atoms with Crippen molar-refractivity contribution in [3.63, 3.8) is 0 Å². The third-order valence-electron chi connectivity index (χ3n) is 3.12. The van der Waals surface area contributed by atoms with Crippen molar-refractivity contribution in [3.05, 3.63) is 54.6 Å². The number of imidazole rings is 1. The summed E-state index contributed by atoms with van der Waals surface area (Å²) in [6.07, 6.45) is 6.00. The second-order valence-corrected chi connectivity index (χ2v) is 5.02. The Hall–Kier alpha value is -1.94. The van der Waals surface area contributed by atoms with Crippen LogP contribution < -0.4 is 0 Å². The maximum absolute atomic E-state index is 11.9. The Morgan fingerprint density at radius 3 is 2.74 bits per heavy atom. The number of hydrogen-bond acceptors (Lipinski definition) is 3. The number of aryl methyl sites for hydroxylation is 1. The van der Waals surface area contributed by atoms with Crippen LogP contribution in [0.1, 0.15) is 30.1 Å². The van der Waals surface area contributed by atoms with E-state index in [4.69, 9.17) is 0 Å². The number of aliphatic hydroxyl groups is 1. The minimum absolute atomic E-state index is 0.0934. The second-order valence-electron chi connectivity index (χ2n) is 5.02. The Kier molecular flexibility index (Phi) is 4.12. The van der Waals surface area contributed by atoms with Crippen molar-refractivity contribution in [2.45, 2.75) is 31.8 Å². The predicted molar refractivity (Wildman–Crippen MR) is 72.9 cm³/mol.